The molecule has 0 spiro atoms. The lowest BCUT2D eigenvalue weighted by molar-refractivity contribution is 0.177. The summed E-state index contributed by atoms with van der Waals surface area (Å²) in [6.07, 6.45) is 3.08. The number of nitrogens with one attached hydrogen (secondary N) is 1. The number of fused-ring (bicyclic) bond motifs is 1. The summed E-state index contributed by atoms with van der Waals surface area (Å²) in [7, 11) is 0. The highest BCUT2D eigenvalue weighted by Gasteiger charge is 2.37. The molecule has 0 aliphatic carbocycles. The Bertz CT molecular complexity index is 1010. The van der Waals surface area contributed by atoms with Gasteiger partial charge in [0.2, 0.25) is 5.95 Å². The molecular formula is C21H23N5O2. The van der Waals surface area contributed by atoms with E-state index in [0.717, 1.165) is 16.5 Å². The van der Waals surface area contributed by atoms with Crippen molar-refractivity contribution in [3.05, 3.63) is 54.4 Å². The lowest BCUT2D eigenvalue weighted by atomic mass is 10.0. The van der Waals surface area contributed by atoms with E-state index in [1.54, 1.807) is 23.4 Å². The first kappa shape index (κ1) is 18.2. The van der Waals surface area contributed by atoms with Gasteiger partial charge in [-0.05, 0) is 42.7 Å². The Morgan fingerprint density at radius 1 is 1.14 bits per heavy atom. The monoisotopic (exact) mass is 377 g/mol. The molecule has 0 bridgehead atoms. The normalized spacial score (nSPS) is 17.8. The predicted molar refractivity (Wildman–Crippen MR) is 108 cm³/mol. The highest BCUT2D eigenvalue weighted by molar-refractivity contribution is 5.89. The van der Waals surface area contributed by atoms with Crippen LogP contribution < -0.4 is 10.2 Å². The average Bonchev–Trinajstić information content (AvgIpc) is 3.09. The van der Waals surface area contributed by atoms with Gasteiger partial charge >= 0.3 is 6.09 Å². The summed E-state index contributed by atoms with van der Waals surface area (Å²) in [4.78, 5) is 27.0. The maximum atomic E-state index is 12.2. The molecule has 0 saturated carbocycles. The van der Waals surface area contributed by atoms with Crippen molar-refractivity contribution >= 4 is 28.8 Å². The molecule has 7 heteroatoms. The first-order chi connectivity index (χ1) is 13.5. The summed E-state index contributed by atoms with van der Waals surface area (Å²) in [5.41, 5.74) is 2.07. The van der Waals surface area contributed by atoms with Gasteiger partial charge < -0.3 is 10.1 Å². The summed E-state index contributed by atoms with van der Waals surface area (Å²) in [6, 6.07) is 11.8. The molecule has 0 radical (unpaired) electrons. The Morgan fingerprint density at radius 2 is 2.00 bits per heavy atom. The number of aromatic nitrogens is 3. The van der Waals surface area contributed by atoms with E-state index in [0.29, 0.717) is 18.4 Å². The van der Waals surface area contributed by atoms with Crippen molar-refractivity contribution in [2.75, 3.05) is 16.8 Å². The van der Waals surface area contributed by atoms with Crippen LogP contribution in [0.4, 0.5) is 16.6 Å². The third-order valence-electron chi connectivity index (χ3n) is 5.04. The first-order valence-corrected chi connectivity index (χ1v) is 9.43. The van der Waals surface area contributed by atoms with Gasteiger partial charge in [-0.1, -0.05) is 26.0 Å². The number of pyridine rings is 1. The lowest BCUT2D eigenvalue weighted by Gasteiger charge is -2.23. The van der Waals surface area contributed by atoms with Crippen LogP contribution in [-0.4, -0.2) is 33.7 Å². The smallest absolute Gasteiger partial charge is 0.415 e. The lowest BCUT2D eigenvalue weighted by Crippen LogP contribution is -2.37. The number of cyclic esters (lactones) is 1. The van der Waals surface area contributed by atoms with Crippen molar-refractivity contribution in [1.82, 2.24) is 15.0 Å². The summed E-state index contributed by atoms with van der Waals surface area (Å²) in [5, 5.41) is 4.41. The van der Waals surface area contributed by atoms with E-state index < -0.39 is 0 Å². The Hall–Kier alpha value is -3.22. The number of rotatable bonds is 5. The Morgan fingerprint density at radius 3 is 2.82 bits per heavy atom. The minimum Gasteiger partial charge on any atom is -0.447 e. The van der Waals surface area contributed by atoms with Crippen LogP contribution >= 0.6 is 0 Å². The maximum Gasteiger partial charge on any atom is 0.415 e. The van der Waals surface area contributed by atoms with Crippen molar-refractivity contribution in [1.29, 1.82) is 0 Å². The second-order valence-corrected chi connectivity index (χ2v) is 7.32. The van der Waals surface area contributed by atoms with E-state index in [9.17, 15) is 4.79 Å². The highest BCUT2D eigenvalue weighted by Crippen LogP contribution is 2.27. The second-order valence-electron chi connectivity index (χ2n) is 7.32. The van der Waals surface area contributed by atoms with Crippen LogP contribution in [-0.2, 0) is 4.74 Å². The van der Waals surface area contributed by atoms with Gasteiger partial charge in [-0.3, -0.25) is 9.88 Å². The molecule has 3 aromatic rings. The first-order valence-electron chi connectivity index (χ1n) is 9.43. The van der Waals surface area contributed by atoms with Crippen molar-refractivity contribution < 1.29 is 9.53 Å². The molecule has 7 nitrogen and oxygen atoms in total. The molecule has 3 heterocycles. The van der Waals surface area contributed by atoms with Crippen molar-refractivity contribution in [3.63, 3.8) is 0 Å². The van der Waals surface area contributed by atoms with Crippen LogP contribution in [0.3, 0.4) is 0 Å². The van der Waals surface area contributed by atoms with Gasteiger partial charge in [0.25, 0.3) is 0 Å². The molecule has 1 fully saturated rings. The number of anilines is 2. The number of carbonyl (C=O) groups is 1. The van der Waals surface area contributed by atoms with Crippen LogP contribution in [0.5, 0.6) is 0 Å². The largest absolute Gasteiger partial charge is 0.447 e. The minimum atomic E-state index is -0.363. The molecule has 1 aliphatic heterocycles. The predicted octanol–water partition coefficient (Wildman–Crippen LogP) is 4.18. The van der Waals surface area contributed by atoms with Gasteiger partial charge in [0.1, 0.15) is 12.4 Å². The minimum absolute atomic E-state index is 0.00807. The van der Waals surface area contributed by atoms with Crippen LogP contribution in [0.25, 0.3) is 10.9 Å². The molecule has 1 N–H and O–H groups in total. The molecule has 0 unspecified atom stereocenters. The fourth-order valence-corrected chi connectivity index (χ4v) is 3.38. The fraction of sp³-hybridized carbons (Fsp3) is 0.333. The number of benzene rings is 1. The van der Waals surface area contributed by atoms with Crippen molar-refractivity contribution in [3.8, 4) is 0 Å². The van der Waals surface area contributed by atoms with E-state index in [1.165, 1.54) is 0 Å². The number of nitrogens with zero attached hydrogens (tertiary/aromatic N) is 4. The average molecular weight is 377 g/mol. The van der Waals surface area contributed by atoms with Crippen molar-refractivity contribution in [2.24, 2.45) is 5.92 Å². The summed E-state index contributed by atoms with van der Waals surface area (Å²) >= 11 is 0. The van der Waals surface area contributed by atoms with E-state index in [1.807, 2.05) is 24.3 Å². The third-order valence-corrected chi connectivity index (χ3v) is 5.04. The van der Waals surface area contributed by atoms with Gasteiger partial charge in [-0.25, -0.2) is 9.78 Å². The molecule has 1 aromatic carbocycles. The van der Waals surface area contributed by atoms with E-state index in [2.05, 4.69) is 47.1 Å². The SMILES string of the molecule is CC(C)[C@H]1COC(=O)N1c1ccnc(N[C@@H](C)c2ccc3ncccc3c2)n1. The number of ether oxygens (including phenoxy) is 1. The van der Waals surface area contributed by atoms with Crippen LogP contribution in [0.1, 0.15) is 32.4 Å². The molecule has 1 amide bonds. The van der Waals surface area contributed by atoms with Gasteiger partial charge in [-0.15, -0.1) is 0 Å². The van der Waals surface area contributed by atoms with E-state index in [-0.39, 0.29) is 24.1 Å². The number of hydrogen-bond acceptors (Lipinski definition) is 6. The zero-order valence-corrected chi connectivity index (χ0v) is 16.2. The molecular weight excluding hydrogens is 354 g/mol. The summed E-state index contributed by atoms with van der Waals surface area (Å²) in [6.45, 7) is 6.56. The zero-order chi connectivity index (χ0) is 19.7. The maximum absolute atomic E-state index is 12.2. The van der Waals surface area contributed by atoms with Gasteiger partial charge in [-0.2, -0.15) is 4.98 Å². The van der Waals surface area contributed by atoms with E-state index in [4.69, 9.17) is 4.74 Å². The molecule has 2 atom stereocenters. The Labute approximate surface area is 163 Å². The van der Waals surface area contributed by atoms with Crippen molar-refractivity contribution in [2.45, 2.75) is 32.9 Å². The molecule has 1 aliphatic rings. The van der Waals surface area contributed by atoms with Gasteiger partial charge in [0, 0.05) is 17.8 Å². The quantitative estimate of drug-likeness (QED) is 0.718. The van der Waals surface area contributed by atoms with Crippen LogP contribution in [0.15, 0.2) is 48.8 Å². The molecule has 1 saturated heterocycles. The highest BCUT2D eigenvalue weighted by atomic mass is 16.6. The number of carbonyl (C=O) groups excluding carboxylic acids is 1. The van der Waals surface area contributed by atoms with Crippen LogP contribution in [0, 0.1) is 5.92 Å². The molecule has 28 heavy (non-hydrogen) atoms. The van der Waals surface area contributed by atoms with Gasteiger partial charge in [0.05, 0.1) is 17.6 Å². The third kappa shape index (κ3) is 3.47. The van der Waals surface area contributed by atoms with E-state index >= 15 is 0 Å². The molecule has 144 valence electrons. The van der Waals surface area contributed by atoms with Crippen LogP contribution in [0.2, 0.25) is 0 Å². The Balaban J connectivity index is 1.56. The standard InChI is InChI=1S/C21H23N5O2/c1-13(2)18-12-28-21(27)26(18)19-8-10-23-20(25-19)24-14(3)15-6-7-17-16(11-15)5-4-9-22-17/h4-11,13-14,18H,12H2,1-3H3,(H,23,24,25)/t14-,18+/m0/s1. The molecule has 2 aromatic heterocycles. The number of hydrogen-bond donors (Lipinski definition) is 1. The number of amides is 1. The summed E-state index contributed by atoms with van der Waals surface area (Å²) in [5.74, 6) is 1.29. The fourth-order valence-electron chi connectivity index (χ4n) is 3.38. The summed E-state index contributed by atoms with van der Waals surface area (Å²) < 4.78 is 5.23. The Kier molecular flexibility index (Phi) is 4.81. The second kappa shape index (κ2) is 7.42. The zero-order valence-electron chi connectivity index (χ0n) is 16.2. The molecule has 4 rings (SSSR count). The van der Waals surface area contributed by atoms with Gasteiger partial charge in [0.15, 0.2) is 0 Å². The topological polar surface area (TPSA) is 80.2 Å².